The van der Waals surface area contributed by atoms with E-state index in [1.54, 1.807) is 12.4 Å². The van der Waals surface area contributed by atoms with Crippen LogP contribution in [0.4, 0.5) is 4.79 Å². The largest absolute Gasteiger partial charge is 0.441 e. The molecule has 0 saturated carbocycles. The van der Waals surface area contributed by atoms with Crippen LogP contribution in [0.25, 0.3) is 0 Å². The summed E-state index contributed by atoms with van der Waals surface area (Å²) in [6, 6.07) is 3.81. The lowest BCUT2D eigenvalue weighted by atomic mass is 10.1. The van der Waals surface area contributed by atoms with E-state index in [0.717, 1.165) is 17.0 Å². The van der Waals surface area contributed by atoms with E-state index in [4.69, 9.17) is 5.84 Å². The van der Waals surface area contributed by atoms with Gasteiger partial charge in [-0.05, 0) is 24.5 Å². The molecule has 1 aromatic heterocycles. The summed E-state index contributed by atoms with van der Waals surface area (Å²) < 4.78 is 4.54. The molecule has 1 heterocycles. The molecule has 6 nitrogen and oxygen atoms in total. The first-order valence-corrected chi connectivity index (χ1v) is 5.25. The highest BCUT2D eigenvalue weighted by Crippen LogP contribution is 2.01. The van der Waals surface area contributed by atoms with Crippen molar-refractivity contribution >= 4 is 12.4 Å². The van der Waals surface area contributed by atoms with Crippen LogP contribution in [0.2, 0.25) is 0 Å². The summed E-state index contributed by atoms with van der Waals surface area (Å²) in [5, 5.41) is 0.958. The average molecular weight is 237 g/mol. The smallest absolute Gasteiger partial charge is 0.424 e. The van der Waals surface area contributed by atoms with Gasteiger partial charge in [0.15, 0.2) is 6.29 Å². The molecule has 6 heteroatoms. The number of aldehydes is 1. The molecule has 0 radical (unpaired) electrons. The number of rotatable bonds is 6. The van der Waals surface area contributed by atoms with Gasteiger partial charge in [0.2, 0.25) is 0 Å². The second kappa shape index (κ2) is 7.34. The SMILES string of the molecule is NN(CCCc1cccnc1)C(=O)OCC=O. The van der Waals surface area contributed by atoms with Crippen molar-refractivity contribution < 1.29 is 14.3 Å². The lowest BCUT2D eigenvalue weighted by Crippen LogP contribution is -2.39. The van der Waals surface area contributed by atoms with Crippen LogP contribution in [-0.4, -0.2) is 35.5 Å². The normalized spacial score (nSPS) is 9.71. The third-order valence-corrected chi connectivity index (χ3v) is 2.10. The summed E-state index contributed by atoms with van der Waals surface area (Å²) in [4.78, 5) is 25.1. The number of hydrazine groups is 1. The Bertz CT molecular complexity index is 356. The number of pyridine rings is 1. The van der Waals surface area contributed by atoms with Gasteiger partial charge in [-0.2, -0.15) is 0 Å². The summed E-state index contributed by atoms with van der Waals surface area (Å²) in [5.41, 5.74) is 1.09. The van der Waals surface area contributed by atoms with Gasteiger partial charge >= 0.3 is 6.09 Å². The van der Waals surface area contributed by atoms with Crippen molar-refractivity contribution in [2.45, 2.75) is 12.8 Å². The molecular weight excluding hydrogens is 222 g/mol. The molecular formula is C11H15N3O3. The minimum atomic E-state index is -0.691. The van der Waals surface area contributed by atoms with E-state index < -0.39 is 6.09 Å². The highest BCUT2D eigenvalue weighted by molar-refractivity contribution is 5.68. The Morgan fingerprint density at radius 1 is 1.59 bits per heavy atom. The van der Waals surface area contributed by atoms with Gasteiger partial charge in [-0.25, -0.2) is 15.6 Å². The molecule has 0 aliphatic carbocycles. The maximum atomic E-state index is 11.2. The van der Waals surface area contributed by atoms with Crippen molar-refractivity contribution in [2.75, 3.05) is 13.2 Å². The molecule has 0 saturated heterocycles. The van der Waals surface area contributed by atoms with E-state index >= 15 is 0 Å². The first-order valence-electron chi connectivity index (χ1n) is 5.25. The lowest BCUT2D eigenvalue weighted by Gasteiger charge is -2.15. The van der Waals surface area contributed by atoms with Gasteiger partial charge in [-0.1, -0.05) is 6.07 Å². The summed E-state index contributed by atoms with van der Waals surface area (Å²) >= 11 is 0. The summed E-state index contributed by atoms with van der Waals surface area (Å²) in [5.74, 6) is 5.45. The number of aryl methyl sites for hydroxylation is 1. The molecule has 1 aromatic rings. The lowest BCUT2D eigenvalue weighted by molar-refractivity contribution is -0.110. The number of amides is 1. The van der Waals surface area contributed by atoms with E-state index in [1.807, 2.05) is 12.1 Å². The zero-order chi connectivity index (χ0) is 12.5. The van der Waals surface area contributed by atoms with Crippen molar-refractivity contribution in [3.05, 3.63) is 30.1 Å². The molecule has 0 spiro atoms. The zero-order valence-electron chi connectivity index (χ0n) is 9.41. The average Bonchev–Trinajstić information content (AvgIpc) is 2.37. The van der Waals surface area contributed by atoms with Crippen LogP contribution in [0.15, 0.2) is 24.5 Å². The Labute approximate surface area is 99.3 Å². The maximum Gasteiger partial charge on any atom is 0.424 e. The summed E-state index contributed by atoms with van der Waals surface area (Å²) in [6.45, 7) is 0.0989. The van der Waals surface area contributed by atoms with Crippen LogP contribution < -0.4 is 5.84 Å². The van der Waals surface area contributed by atoms with Gasteiger partial charge in [-0.15, -0.1) is 0 Å². The molecule has 1 rings (SSSR count). The van der Waals surface area contributed by atoms with Crippen molar-refractivity contribution in [2.24, 2.45) is 5.84 Å². The molecule has 0 bridgehead atoms. The molecule has 0 atom stereocenters. The Balaban J connectivity index is 2.22. The number of hydrogen-bond acceptors (Lipinski definition) is 5. The third-order valence-electron chi connectivity index (χ3n) is 2.10. The van der Waals surface area contributed by atoms with Crippen LogP contribution in [0.1, 0.15) is 12.0 Å². The predicted octanol–water partition coefficient (Wildman–Crippen LogP) is 0.525. The molecule has 0 aliphatic heterocycles. The Hall–Kier alpha value is -1.95. The topological polar surface area (TPSA) is 85.5 Å². The molecule has 0 unspecified atom stereocenters. The standard InChI is InChI=1S/C11H15N3O3/c12-14(11(16)17-8-7-15)6-2-4-10-3-1-5-13-9-10/h1,3,5,7,9H,2,4,6,8,12H2. The highest BCUT2D eigenvalue weighted by atomic mass is 16.6. The molecule has 92 valence electrons. The Morgan fingerprint density at radius 2 is 2.41 bits per heavy atom. The number of hydrogen-bond donors (Lipinski definition) is 1. The third kappa shape index (κ3) is 5.07. The second-order valence-electron chi connectivity index (χ2n) is 3.40. The fraction of sp³-hybridized carbons (Fsp3) is 0.364. The van der Waals surface area contributed by atoms with Crippen LogP contribution in [0, 0.1) is 0 Å². The number of carbonyl (C=O) groups is 2. The number of ether oxygens (including phenoxy) is 1. The van der Waals surface area contributed by atoms with Crippen molar-refractivity contribution in [1.29, 1.82) is 0 Å². The van der Waals surface area contributed by atoms with Crippen LogP contribution >= 0.6 is 0 Å². The molecule has 1 amide bonds. The van der Waals surface area contributed by atoms with Crippen molar-refractivity contribution in [3.63, 3.8) is 0 Å². The number of carbonyl (C=O) groups excluding carboxylic acids is 2. The summed E-state index contributed by atoms with van der Waals surface area (Å²) in [6.07, 6.45) is 4.77. The first-order chi connectivity index (χ1) is 8.24. The molecule has 0 aliphatic rings. The van der Waals surface area contributed by atoms with E-state index in [9.17, 15) is 9.59 Å². The van der Waals surface area contributed by atoms with Crippen LogP contribution in [0.3, 0.4) is 0 Å². The first kappa shape index (κ1) is 13.1. The van der Waals surface area contributed by atoms with Crippen molar-refractivity contribution in [1.82, 2.24) is 9.99 Å². The predicted molar refractivity (Wildman–Crippen MR) is 60.9 cm³/mol. The number of nitrogens with zero attached hydrogens (tertiary/aromatic N) is 2. The van der Waals surface area contributed by atoms with Crippen LogP contribution in [0.5, 0.6) is 0 Å². The fourth-order valence-corrected chi connectivity index (χ4v) is 1.28. The minimum absolute atomic E-state index is 0.269. The number of aromatic nitrogens is 1. The van der Waals surface area contributed by atoms with E-state index in [-0.39, 0.29) is 6.61 Å². The van der Waals surface area contributed by atoms with Gasteiger partial charge in [0.05, 0.1) is 0 Å². The molecule has 0 fully saturated rings. The van der Waals surface area contributed by atoms with Crippen LogP contribution in [-0.2, 0) is 16.0 Å². The van der Waals surface area contributed by atoms with Gasteiger partial charge in [0.1, 0.15) is 6.61 Å². The van der Waals surface area contributed by atoms with Gasteiger partial charge in [-0.3, -0.25) is 9.78 Å². The quantitative estimate of drug-likeness (QED) is 0.337. The fourth-order valence-electron chi connectivity index (χ4n) is 1.28. The van der Waals surface area contributed by atoms with Gasteiger partial charge in [0, 0.05) is 18.9 Å². The maximum absolute atomic E-state index is 11.2. The Morgan fingerprint density at radius 3 is 3.06 bits per heavy atom. The van der Waals surface area contributed by atoms with Gasteiger partial charge in [0.25, 0.3) is 0 Å². The Kier molecular flexibility index (Phi) is 5.67. The van der Waals surface area contributed by atoms with E-state index in [0.29, 0.717) is 19.3 Å². The van der Waals surface area contributed by atoms with Crippen molar-refractivity contribution in [3.8, 4) is 0 Å². The molecule has 0 aromatic carbocycles. The van der Waals surface area contributed by atoms with E-state index in [2.05, 4.69) is 9.72 Å². The minimum Gasteiger partial charge on any atom is -0.441 e. The van der Waals surface area contributed by atoms with E-state index in [1.165, 1.54) is 0 Å². The number of nitrogens with two attached hydrogens (primary N) is 1. The van der Waals surface area contributed by atoms with Gasteiger partial charge < -0.3 is 4.74 Å². The second-order valence-corrected chi connectivity index (χ2v) is 3.40. The monoisotopic (exact) mass is 237 g/mol. The highest BCUT2D eigenvalue weighted by Gasteiger charge is 2.09. The summed E-state index contributed by atoms with van der Waals surface area (Å²) in [7, 11) is 0. The zero-order valence-corrected chi connectivity index (χ0v) is 9.41. The molecule has 2 N–H and O–H groups in total. The molecule has 17 heavy (non-hydrogen) atoms.